The van der Waals surface area contributed by atoms with Gasteiger partial charge in [0.2, 0.25) is 0 Å². The van der Waals surface area contributed by atoms with Crippen LogP contribution in [0.1, 0.15) is 12.5 Å². The molecule has 0 N–H and O–H groups in total. The van der Waals surface area contributed by atoms with Gasteiger partial charge in [0.1, 0.15) is 5.82 Å². The van der Waals surface area contributed by atoms with E-state index >= 15 is 0 Å². The largest absolute Gasteiger partial charge is 0.207 e. The Morgan fingerprint density at radius 2 is 1.91 bits per heavy atom. The number of rotatable bonds is 1. The van der Waals surface area contributed by atoms with E-state index in [9.17, 15) is 4.39 Å². The van der Waals surface area contributed by atoms with E-state index in [0.717, 1.165) is 5.56 Å². The summed E-state index contributed by atoms with van der Waals surface area (Å²) in [6, 6.07) is 6.18. The Bertz CT molecular complexity index is 257. The predicted octanol–water partition coefficient (Wildman–Crippen LogP) is 3.43. The Morgan fingerprint density at radius 1 is 1.36 bits per heavy atom. The van der Waals surface area contributed by atoms with Crippen molar-refractivity contribution in [3.63, 3.8) is 0 Å². The average Bonchev–Trinajstić information content (AvgIpc) is 1.93. The minimum Gasteiger partial charge on any atom is -0.207 e. The fourth-order valence-corrected chi connectivity index (χ4v) is 0.915. The summed E-state index contributed by atoms with van der Waals surface area (Å²) in [5.41, 5.74) is 0.916. The lowest BCUT2D eigenvalue weighted by Gasteiger charge is -1.92. The smallest absolute Gasteiger partial charge is 0.123 e. The monoisotopic (exact) mass is 170 g/mol. The third-order valence-electron chi connectivity index (χ3n) is 1.24. The summed E-state index contributed by atoms with van der Waals surface area (Å²) in [5.74, 6) is -0.227. The fourth-order valence-electron chi connectivity index (χ4n) is 0.789. The molecule has 0 aliphatic heterocycles. The summed E-state index contributed by atoms with van der Waals surface area (Å²) in [6.45, 7) is 1.78. The van der Waals surface area contributed by atoms with E-state index in [-0.39, 0.29) is 5.82 Å². The molecule has 0 aromatic heterocycles. The van der Waals surface area contributed by atoms with E-state index in [4.69, 9.17) is 11.6 Å². The molecule has 0 fully saturated rings. The van der Waals surface area contributed by atoms with Crippen LogP contribution in [0.3, 0.4) is 0 Å². The van der Waals surface area contributed by atoms with Gasteiger partial charge in [-0.15, -0.1) is 0 Å². The first-order valence-electron chi connectivity index (χ1n) is 3.28. The van der Waals surface area contributed by atoms with Gasteiger partial charge in [-0.1, -0.05) is 23.7 Å². The minimum atomic E-state index is -0.227. The molecule has 1 rings (SSSR count). The van der Waals surface area contributed by atoms with E-state index in [0.29, 0.717) is 5.03 Å². The number of hydrogen-bond donors (Lipinski definition) is 0. The minimum absolute atomic E-state index is 0.227. The molecule has 0 unspecified atom stereocenters. The zero-order valence-corrected chi connectivity index (χ0v) is 6.90. The molecule has 1 aromatic carbocycles. The van der Waals surface area contributed by atoms with Gasteiger partial charge in [0, 0.05) is 5.03 Å². The van der Waals surface area contributed by atoms with Crippen molar-refractivity contribution in [3.8, 4) is 0 Å². The van der Waals surface area contributed by atoms with Crippen molar-refractivity contribution < 1.29 is 4.39 Å². The molecule has 0 nitrogen and oxygen atoms in total. The van der Waals surface area contributed by atoms with Crippen LogP contribution < -0.4 is 0 Å². The molecule has 0 aliphatic rings. The predicted molar refractivity (Wildman–Crippen MR) is 45.9 cm³/mol. The molecule has 2 heteroatoms. The Balaban J connectivity index is 2.91. The van der Waals surface area contributed by atoms with Crippen LogP contribution in [0.2, 0.25) is 0 Å². The summed E-state index contributed by atoms with van der Waals surface area (Å²) < 4.78 is 12.4. The molecule has 0 bridgehead atoms. The standard InChI is InChI=1S/C9H8ClF/c1-7(10)6-8-2-4-9(11)5-3-8/h2-6H,1H3/b7-6+. The number of benzene rings is 1. The molecule has 0 atom stereocenters. The quantitative estimate of drug-likeness (QED) is 0.606. The van der Waals surface area contributed by atoms with Crippen LogP contribution in [0.25, 0.3) is 6.08 Å². The van der Waals surface area contributed by atoms with E-state index in [2.05, 4.69) is 0 Å². The van der Waals surface area contributed by atoms with Gasteiger partial charge >= 0.3 is 0 Å². The average molecular weight is 171 g/mol. The van der Waals surface area contributed by atoms with Crippen LogP contribution >= 0.6 is 11.6 Å². The van der Waals surface area contributed by atoms with Gasteiger partial charge in [0.25, 0.3) is 0 Å². The van der Waals surface area contributed by atoms with Crippen LogP contribution in [0.5, 0.6) is 0 Å². The first-order valence-corrected chi connectivity index (χ1v) is 3.65. The summed E-state index contributed by atoms with van der Waals surface area (Å²) >= 11 is 5.62. The van der Waals surface area contributed by atoms with E-state index in [1.807, 2.05) is 0 Å². The molecule has 0 spiro atoms. The second kappa shape index (κ2) is 3.54. The van der Waals surface area contributed by atoms with Crippen LogP contribution in [-0.2, 0) is 0 Å². The molecule has 11 heavy (non-hydrogen) atoms. The highest BCUT2D eigenvalue weighted by atomic mass is 35.5. The Morgan fingerprint density at radius 3 is 2.36 bits per heavy atom. The molecule has 0 aliphatic carbocycles. The molecule has 58 valence electrons. The van der Waals surface area contributed by atoms with Crippen molar-refractivity contribution in [2.45, 2.75) is 6.92 Å². The SMILES string of the molecule is C/C(Cl)=C\c1ccc(F)cc1. The Hall–Kier alpha value is -0.820. The van der Waals surface area contributed by atoms with E-state index in [1.165, 1.54) is 12.1 Å². The lowest BCUT2D eigenvalue weighted by molar-refractivity contribution is 0.628. The van der Waals surface area contributed by atoms with Crippen molar-refractivity contribution >= 4 is 17.7 Å². The molecule has 0 heterocycles. The van der Waals surface area contributed by atoms with Crippen molar-refractivity contribution in [2.24, 2.45) is 0 Å². The van der Waals surface area contributed by atoms with Gasteiger partial charge in [0.15, 0.2) is 0 Å². The lowest BCUT2D eigenvalue weighted by atomic mass is 10.2. The third kappa shape index (κ3) is 2.72. The zero-order chi connectivity index (χ0) is 8.27. The number of halogens is 2. The molecular formula is C9H8ClF. The maximum absolute atomic E-state index is 12.4. The molecule has 0 radical (unpaired) electrons. The Labute approximate surface area is 70.3 Å². The zero-order valence-electron chi connectivity index (χ0n) is 6.14. The van der Waals surface area contributed by atoms with Crippen LogP contribution in [0.15, 0.2) is 29.3 Å². The van der Waals surface area contributed by atoms with Crippen LogP contribution in [0.4, 0.5) is 4.39 Å². The second-order valence-electron chi connectivity index (χ2n) is 2.28. The van der Waals surface area contributed by atoms with Crippen molar-refractivity contribution in [2.75, 3.05) is 0 Å². The van der Waals surface area contributed by atoms with Gasteiger partial charge < -0.3 is 0 Å². The first-order chi connectivity index (χ1) is 5.18. The molecule has 0 amide bonds. The Kier molecular flexibility index (Phi) is 2.66. The molecule has 1 aromatic rings. The van der Waals surface area contributed by atoms with Crippen molar-refractivity contribution in [1.82, 2.24) is 0 Å². The van der Waals surface area contributed by atoms with Crippen molar-refractivity contribution in [1.29, 1.82) is 0 Å². The number of hydrogen-bond acceptors (Lipinski definition) is 0. The lowest BCUT2D eigenvalue weighted by Crippen LogP contribution is -1.74. The highest BCUT2D eigenvalue weighted by Crippen LogP contribution is 2.09. The highest BCUT2D eigenvalue weighted by Gasteiger charge is 1.89. The van der Waals surface area contributed by atoms with Gasteiger partial charge in [-0.05, 0) is 30.7 Å². The van der Waals surface area contributed by atoms with Gasteiger partial charge in [-0.25, -0.2) is 4.39 Å². The third-order valence-corrected chi connectivity index (χ3v) is 1.34. The number of allylic oxidation sites excluding steroid dienone is 1. The van der Waals surface area contributed by atoms with Gasteiger partial charge in [0.05, 0.1) is 0 Å². The molecule has 0 saturated heterocycles. The normalized spacial score (nSPS) is 11.7. The van der Waals surface area contributed by atoms with Crippen molar-refractivity contribution in [3.05, 3.63) is 40.7 Å². The molecular weight excluding hydrogens is 163 g/mol. The molecule has 0 saturated carbocycles. The summed E-state index contributed by atoms with van der Waals surface area (Å²) in [4.78, 5) is 0. The van der Waals surface area contributed by atoms with Gasteiger partial charge in [-0.2, -0.15) is 0 Å². The highest BCUT2D eigenvalue weighted by molar-refractivity contribution is 6.31. The summed E-state index contributed by atoms with van der Waals surface area (Å²) in [6.07, 6.45) is 1.78. The maximum Gasteiger partial charge on any atom is 0.123 e. The van der Waals surface area contributed by atoms with E-state index < -0.39 is 0 Å². The van der Waals surface area contributed by atoms with Crippen LogP contribution in [0, 0.1) is 5.82 Å². The van der Waals surface area contributed by atoms with E-state index in [1.54, 1.807) is 25.1 Å². The topological polar surface area (TPSA) is 0 Å². The van der Waals surface area contributed by atoms with Gasteiger partial charge in [-0.3, -0.25) is 0 Å². The fraction of sp³-hybridized carbons (Fsp3) is 0.111. The maximum atomic E-state index is 12.4. The van der Waals surface area contributed by atoms with Crippen LogP contribution in [-0.4, -0.2) is 0 Å². The summed E-state index contributed by atoms with van der Waals surface area (Å²) in [7, 11) is 0. The summed E-state index contributed by atoms with van der Waals surface area (Å²) in [5, 5.41) is 0.691. The second-order valence-corrected chi connectivity index (χ2v) is 2.88. The first kappa shape index (κ1) is 8.28.